The van der Waals surface area contributed by atoms with E-state index in [1.807, 2.05) is 36.4 Å². The van der Waals surface area contributed by atoms with Crippen molar-refractivity contribution in [2.24, 2.45) is 0 Å². The first kappa shape index (κ1) is 13.7. The smallest absolute Gasteiger partial charge is 0.204 e. The molecule has 5 nitrogen and oxygen atoms in total. The monoisotopic (exact) mass is 303 g/mol. The number of aryl methyl sites for hydroxylation is 2. The lowest BCUT2D eigenvalue weighted by atomic mass is 10.2. The number of para-hydroxylation sites is 2. The van der Waals surface area contributed by atoms with E-state index < -0.39 is 0 Å². The van der Waals surface area contributed by atoms with Gasteiger partial charge in [0.05, 0.1) is 11.0 Å². The molecule has 5 heteroatoms. The normalized spacial score (nSPS) is 11.2. The molecule has 0 aliphatic rings. The second kappa shape index (κ2) is 5.35. The Balaban J connectivity index is 1.96. The fourth-order valence-electron chi connectivity index (χ4n) is 2.81. The SMILES string of the molecule is CCc1nnc2c(Nc3cccc(C)c3)nc3ccccc3n12. The Hall–Kier alpha value is -2.95. The fraction of sp³-hybridized carbons (Fsp3) is 0.167. The predicted molar refractivity (Wildman–Crippen MR) is 92.1 cm³/mol. The zero-order valence-electron chi connectivity index (χ0n) is 13.1. The van der Waals surface area contributed by atoms with Crippen LogP contribution in [0.2, 0.25) is 0 Å². The van der Waals surface area contributed by atoms with Gasteiger partial charge in [0.2, 0.25) is 5.65 Å². The third-order valence-corrected chi connectivity index (χ3v) is 3.89. The van der Waals surface area contributed by atoms with Crippen molar-refractivity contribution >= 4 is 28.2 Å². The molecular formula is C18H17N5. The molecule has 0 aliphatic heterocycles. The molecule has 1 N–H and O–H groups in total. The minimum Gasteiger partial charge on any atom is -0.337 e. The van der Waals surface area contributed by atoms with Crippen LogP contribution in [-0.4, -0.2) is 19.6 Å². The van der Waals surface area contributed by atoms with Crippen molar-refractivity contribution < 1.29 is 0 Å². The summed E-state index contributed by atoms with van der Waals surface area (Å²) in [5, 5.41) is 12.0. The van der Waals surface area contributed by atoms with Crippen LogP contribution in [0.25, 0.3) is 16.7 Å². The molecule has 0 unspecified atom stereocenters. The zero-order chi connectivity index (χ0) is 15.8. The first-order valence-corrected chi connectivity index (χ1v) is 7.72. The van der Waals surface area contributed by atoms with E-state index in [1.165, 1.54) is 5.56 Å². The van der Waals surface area contributed by atoms with E-state index in [4.69, 9.17) is 4.98 Å². The van der Waals surface area contributed by atoms with Crippen LogP contribution in [-0.2, 0) is 6.42 Å². The third-order valence-electron chi connectivity index (χ3n) is 3.89. The molecule has 2 aromatic carbocycles. The van der Waals surface area contributed by atoms with Gasteiger partial charge in [-0.05, 0) is 36.8 Å². The molecule has 0 atom stereocenters. The van der Waals surface area contributed by atoms with E-state index >= 15 is 0 Å². The molecule has 0 fully saturated rings. The first-order chi connectivity index (χ1) is 11.3. The Bertz CT molecular complexity index is 1000. The summed E-state index contributed by atoms with van der Waals surface area (Å²) >= 11 is 0. The second-order valence-corrected chi connectivity index (χ2v) is 5.57. The number of nitrogens with one attached hydrogen (secondary N) is 1. The number of aromatic nitrogens is 4. The lowest BCUT2D eigenvalue weighted by Gasteiger charge is -2.10. The standard InChI is InChI=1S/C18H17N5/c1-3-16-21-22-18-17(19-13-8-6-7-12(2)11-13)20-14-9-4-5-10-15(14)23(16)18/h4-11H,3H2,1-2H3,(H,19,20). The maximum absolute atomic E-state index is 4.74. The van der Waals surface area contributed by atoms with Gasteiger partial charge in [-0.3, -0.25) is 4.40 Å². The van der Waals surface area contributed by atoms with Crippen LogP contribution in [0.15, 0.2) is 48.5 Å². The van der Waals surface area contributed by atoms with E-state index in [0.29, 0.717) is 0 Å². The molecule has 0 bridgehead atoms. The van der Waals surface area contributed by atoms with Gasteiger partial charge < -0.3 is 5.32 Å². The summed E-state index contributed by atoms with van der Waals surface area (Å²) in [6.45, 7) is 4.15. The Kier molecular flexibility index (Phi) is 3.19. The number of anilines is 2. The summed E-state index contributed by atoms with van der Waals surface area (Å²) in [5.74, 6) is 1.66. The molecule has 0 saturated carbocycles. The van der Waals surface area contributed by atoms with Crippen molar-refractivity contribution in [1.29, 1.82) is 0 Å². The molecule has 0 aliphatic carbocycles. The van der Waals surface area contributed by atoms with Gasteiger partial charge in [0.25, 0.3) is 0 Å². The molecule has 4 aromatic rings. The highest BCUT2D eigenvalue weighted by Gasteiger charge is 2.14. The maximum atomic E-state index is 4.74. The minimum atomic E-state index is 0.724. The van der Waals surface area contributed by atoms with Crippen LogP contribution in [0, 0.1) is 6.92 Å². The highest BCUT2D eigenvalue weighted by molar-refractivity contribution is 5.84. The van der Waals surface area contributed by atoms with Crippen LogP contribution in [0.5, 0.6) is 0 Å². The molecule has 2 aromatic heterocycles. The van der Waals surface area contributed by atoms with Gasteiger partial charge in [-0.2, -0.15) is 0 Å². The zero-order valence-corrected chi connectivity index (χ0v) is 13.1. The molecule has 0 spiro atoms. The topological polar surface area (TPSA) is 55.1 Å². The van der Waals surface area contributed by atoms with Crippen molar-refractivity contribution in [2.75, 3.05) is 5.32 Å². The van der Waals surface area contributed by atoms with Gasteiger partial charge in [-0.25, -0.2) is 4.98 Å². The lowest BCUT2D eigenvalue weighted by molar-refractivity contribution is 0.922. The Morgan fingerprint density at radius 1 is 1.04 bits per heavy atom. The quantitative estimate of drug-likeness (QED) is 0.624. The molecule has 0 radical (unpaired) electrons. The van der Waals surface area contributed by atoms with Crippen molar-refractivity contribution in [1.82, 2.24) is 19.6 Å². The third kappa shape index (κ3) is 2.30. The lowest BCUT2D eigenvalue weighted by Crippen LogP contribution is -2.02. The number of nitrogens with zero attached hydrogens (tertiary/aromatic N) is 4. The van der Waals surface area contributed by atoms with Gasteiger partial charge in [-0.15, -0.1) is 10.2 Å². The summed E-state index contributed by atoms with van der Waals surface area (Å²) in [6, 6.07) is 16.3. The van der Waals surface area contributed by atoms with E-state index in [2.05, 4.69) is 45.9 Å². The van der Waals surface area contributed by atoms with Crippen molar-refractivity contribution in [3.8, 4) is 0 Å². The Morgan fingerprint density at radius 3 is 2.74 bits per heavy atom. The average Bonchev–Trinajstić information content (AvgIpc) is 3.00. The van der Waals surface area contributed by atoms with Crippen LogP contribution in [0.1, 0.15) is 18.3 Å². The minimum absolute atomic E-state index is 0.724. The molecular weight excluding hydrogens is 286 g/mol. The van der Waals surface area contributed by atoms with Crippen molar-refractivity contribution in [3.63, 3.8) is 0 Å². The highest BCUT2D eigenvalue weighted by Crippen LogP contribution is 2.24. The van der Waals surface area contributed by atoms with E-state index in [-0.39, 0.29) is 0 Å². The summed E-state index contributed by atoms with van der Waals surface area (Å²) in [5.41, 5.74) is 4.89. The fourth-order valence-corrected chi connectivity index (χ4v) is 2.81. The van der Waals surface area contributed by atoms with Crippen LogP contribution in [0.4, 0.5) is 11.5 Å². The molecule has 0 saturated heterocycles. The summed E-state index contributed by atoms with van der Waals surface area (Å²) in [6.07, 6.45) is 0.819. The molecule has 4 rings (SSSR count). The average molecular weight is 303 g/mol. The van der Waals surface area contributed by atoms with Crippen molar-refractivity contribution in [2.45, 2.75) is 20.3 Å². The Morgan fingerprint density at radius 2 is 1.91 bits per heavy atom. The second-order valence-electron chi connectivity index (χ2n) is 5.57. The van der Waals surface area contributed by atoms with Gasteiger partial charge in [0.1, 0.15) is 5.82 Å². The van der Waals surface area contributed by atoms with Crippen LogP contribution < -0.4 is 5.32 Å². The van der Waals surface area contributed by atoms with Crippen molar-refractivity contribution in [3.05, 3.63) is 59.9 Å². The largest absolute Gasteiger partial charge is 0.337 e. The summed E-state index contributed by atoms with van der Waals surface area (Å²) in [7, 11) is 0. The first-order valence-electron chi connectivity index (χ1n) is 7.72. The maximum Gasteiger partial charge on any atom is 0.204 e. The van der Waals surface area contributed by atoms with Gasteiger partial charge in [0, 0.05) is 12.1 Å². The van der Waals surface area contributed by atoms with Gasteiger partial charge in [-0.1, -0.05) is 31.2 Å². The number of benzene rings is 2. The van der Waals surface area contributed by atoms with Gasteiger partial charge >= 0.3 is 0 Å². The summed E-state index contributed by atoms with van der Waals surface area (Å²) in [4.78, 5) is 4.74. The number of fused-ring (bicyclic) bond motifs is 3. The van der Waals surface area contributed by atoms with E-state index in [0.717, 1.165) is 40.4 Å². The molecule has 23 heavy (non-hydrogen) atoms. The van der Waals surface area contributed by atoms with E-state index in [9.17, 15) is 0 Å². The molecule has 0 amide bonds. The molecule has 2 heterocycles. The number of hydrogen-bond donors (Lipinski definition) is 1. The van der Waals surface area contributed by atoms with Crippen LogP contribution in [0.3, 0.4) is 0 Å². The highest BCUT2D eigenvalue weighted by atomic mass is 15.3. The van der Waals surface area contributed by atoms with Gasteiger partial charge in [0.15, 0.2) is 5.82 Å². The summed E-state index contributed by atoms with van der Waals surface area (Å²) < 4.78 is 2.08. The molecule has 114 valence electrons. The number of hydrogen-bond acceptors (Lipinski definition) is 4. The predicted octanol–water partition coefficient (Wildman–Crippen LogP) is 3.89. The van der Waals surface area contributed by atoms with Crippen LogP contribution >= 0.6 is 0 Å². The number of rotatable bonds is 3. The Labute approximate surface area is 134 Å². The van der Waals surface area contributed by atoms with E-state index in [1.54, 1.807) is 0 Å².